The molecule has 0 bridgehead atoms. The maximum absolute atomic E-state index is 12.1. The summed E-state index contributed by atoms with van der Waals surface area (Å²) in [6, 6.07) is -0.435. The third-order valence-corrected chi connectivity index (χ3v) is 3.91. The van der Waals surface area contributed by atoms with E-state index in [1.165, 1.54) is 0 Å². The average molecular weight is 270 g/mol. The number of hydrogen-bond donors (Lipinski definition) is 2. The van der Waals surface area contributed by atoms with E-state index in [0.717, 1.165) is 25.9 Å². The van der Waals surface area contributed by atoms with E-state index in [0.29, 0.717) is 5.41 Å². The summed E-state index contributed by atoms with van der Waals surface area (Å²) in [6.07, 6.45) is 1.96. The molecule has 0 aromatic heterocycles. The summed E-state index contributed by atoms with van der Waals surface area (Å²) in [5, 5.41) is 11.7. The number of amides is 2. The van der Waals surface area contributed by atoms with Gasteiger partial charge in [-0.15, -0.1) is 0 Å². The van der Waals surface area contributed by atoms with E-state index in [9.17, 15) is 9.59 Å². The van der Waals surface area contributed by atoms with Crippen molar-refractivity contribution < 1.29 is 14.7 Å². The molecule has 1 saturated heterocycles. The van der Waals surface area contributed by atoms with Crippen molar-refractivity contribution in [1.82, 2.24) is 10.2 Å². The Bertz CT molecular complexity index is 330. The van der Waals surface area contributed by atoms with Crippen LogP contribution in [0.3, 0.4) is 0 Å². The molecule has 0 aromatic carbocycles. The molecule has 1 atom stereocenters. The monoisotopic (exact) mass is 270 g/mol. The Morgan fingerprint density at radius 3 is 2.21 bits per heavy atom. The van der Waals surface area contributed by atoms with Crippen molar-refractivity contribution in [1.29, 1.82) is 0 Å². The van der Waals surface area contributed by atoms with Crippen LogP contribution in [0.25, 0.3) is 0 Å². The first-order valence-corrected chi connectivity index (χ1v) is 6.98. The number of aliphatic carboxylic acids is 1. The normalized spacial score (nSPS) is 20.2. The second-order valence-electron chi connectivity index (χ2n) is 6.55. The first-order chi connectivity index (χ1) is 8.71. The van der Waals surface area contributed by atoms with Gasteiger partial charge in [0.25, 0.3) is 0 Å². The lowest BCUT2D eigenvalue weighted by Crippen LogP contribution is -2.50. The van der Waals surface area contributed by atoms with Gasteiger partial charge in [-0.05, 0) is 24.2 Å². The molecule has 110 valence electrons. The molecule has 0 saturated carbocycles. The van der Waals surface area contributed by atoms with Gasteiger partial charge in [-0.3, -0.25) is 4.79 Å². The van der Waals surface area contributed by atoms with Crippen LogP contribution in [0.2, 0.25) is 0 Å². The summed E-state index contributed by atoms with van der Waals surface area (Å²) in [4.78, 5) is 24.7. The number of piperidine rings is 1. The minimum Gasteiger partial charge on any atom is -0.481 e. The Kier molecular flexibility index (Phi) is 5.20. The standard InChI is InChI=1S/C14H26N2O3/c1-10(2)11(9-12(17)18)15-13(19)16-7-5-14(3,4)6-8-16/h10-11H,5-9H2,1-4H3,(H,15,19)(H,17,18). The van der Waals surface area contributed by atoms with Crippen molar-refractivity contribution >= 4 is 12.0 Å². The highest BCUT2D eigenvalue weighted by atomic mass is 16.4. The summed E-state index contributed by atoms with van der Waals surface area (Å²) >= 11 is 0. The lowest BCUT2D eigenvalue weighted by atomic mass is 9.83. The summed E-state index contributed by atoms with van der Waals surface area (Å²) in [7, 11) is 0. The van der Waals surface area contributed by atoms with Gasteiger partial charge in [0.2, 0.25) is 0 Å². The van der Waals surface area contributed by atoms with Gasteiger partial charge in [0, 0.05) is 19.1 Å². The molecule has 2 amide bonds. The molecule has 2 N–H and O–H groups in total. The number of hydrogen-bond acceptors (Lipinski definition) is 2. The van der Waals surface area contributed by atoms with Gasteiger partial charge in [-0.2, -0.15) is 0 Å². The van der Waals surface area contributed by atoms with Crippen LogP contribution in [0.5, 0.6) is 0 Å². The third-order valence-electron chi connectivity index (χ3n) is 3.91. The van der Waals surface area contributed by atoms with Gasteiger partial charge in [0.05, 0.1) is 6.42 Å². The number of nitrogens with one attached hydrogen (secondary N) is 1. The quantitative estimate of drug-likeness (QED) is 0.823. The summed E-state index contributed by atoms with van der Waals surface area (Å²) < 4.78 is 0. The molecule has 0 radical (unpaired) electrons. The summed E-state index contributed by atoms with van der Waals surface area (Å²) in [5.74, 6) is -0.764. The highest BCUT2D eigenvalue weighted by molar-refractivity contribution is 5.76. The molecule has 5 heteroatoms. The first-order valence-electron chi connectivity index (χ1n) is 6.98. The van der Waals surface area contributed by atoms with E-state index in [-0.39, 0.29) is 24.4 Å². The fourth-order valence-electron chi connectivity index (χ4n) is 2.21. The van der Waals surface area contributed by atoms with Crippen LogP contribution in [-0.4, -0.2) is 41.1 Å². The summed E-state index contributed by atoms with van der Waals surface area (Å²) in [6.45, 7) is 9.76. The van der Waals surface area contributed by atoms with Crippen molar-refractivity contribution in [3.05, 3.63) is 0 Å². The lowest BCUT2D eigenvalue weighted by molar-refractivity contribution is -0.137. The molecule has 0 spiro atoms. The van der Waals surface area contributed by atoms with Crippen molar-refractivity contribution in [2.24, 2.45) is 11.3 Å². The largest absolute Gasteiger partial charge is 0.481 e. The maximum atomic E-state index is 12.1. The average Bonchev–Trinajstić information content (AvgIpc) is 2.27. The highest BCUT2D eigenvalue weighted by Gasteiger charge is 2.29. The van der Waals surface area contributed by atoms with Crippen molar-refractivity contribution in [2.75, 3.05) is 13.1 Å². The van der Waals surface area contributed by atoms with Gasteiger partial charge >= 0.3 is 12.0 Å². The Labute approximate surface area is 115 Å². The fraction of sp³-hybridized carbons (Fsp3) is 0.857. The van der Waals surface area contributed by atoms with Crippen molar-refractivity contribution in [3.8, 4) is 0 Å². The maximum Gasteiger partial charge on any atom is 0.317 e. The number of urea groups is 1. The Morgan fingerprint density at radius 2 is 1.79 bits per heavy atom. The number of carbonyl (C=O) groups excluding carboxylic acids is 1. The summed E-state index contributed by atoms with van der Waals surface area (Å²) in [5.41, 5.74) is 0.301. The Hall–Kier alpha value is -1.26. The van der Waals surface area contributed by atoms with Crippen molar-refractivity contribution in [2.45, 2.75) is 53.0 Å². The number of carboxylic acids is 1. The van der Waals surface area contributed by atoms with Gasteiger partial charge in [0.1, 0.15) is 0 Å². The molecule has 1 heterocycles. The minimum absolute atomic E-state index is 0.0251. The second-order valence-corrected chi connectivity index (χ2v) is 6.55. The van der Waals surface area contributed by atoms with E-state index in [4.69, 9.17) is 5.11 Å². The molecule has 1 aliphatic heterocycles. The predicted molar refractivity (Wildman–Crippen MR) is 74.0 cm³/mol. The highest BCUT2D eigenvalue weighted by Crippen LogP contribution is 2.29. The smallest absolute Gasteiger partial charge is 0.317 e. The molecule has 1 rings (SSSR count). The van der Waals surface area contributed by atoms with Crippen LogP contribution in [0, 0.1) is 11.3 Å². The molecule has 5 nitrogen and oxygen atoms in total. The lowest BCUT2D eigenvalue weighted by Gasteiger charge is -2.37. The Morgan fingerprint density at radius 1 is 1.26 bits per heavy atom. The first kappa shape index (κ1) is 15.8. The van der Waals surface area contributed by atoms with E-state index in [1.807, 2.05) is 13.8 Å². The van der Waals surface area contributed by atoms with Gasteiger partial charge in [0.15, 0.2) is 0 Å². The number of carbonyl (C=O) groups is 2. The zero-order valence-electron chi connectivity index (χ0n) is 12.4. The number of nitrogens with zero attached hydrogens (tertiary/aromatic N) is 1. The zero-order chi connectivity index (χ0) is 14.6. The molecule has 1 fully saturated rings. The number of rotatable bonds is 4. The van der Waals surface area contributed by atoms with Gasteiger partial charge in [-0.1, -0.05) is 27.7 Å². The van der Waals surface area contributed by atoms with Crippen LogP contribution < -0.4 is 5.32 Å². The van der Waals surface area contributed by atoms with Crippen LogP contribution in [0.1, 0.15) is 47.0 Å². The molecule has 0 aromatic rings. The molecular weight excluding hydrogens is 244 g/mol. The molecule has 1 aliphatic rings. The second kappa shape index (κ2) is 6.26. The fourth-order valence-corrected chi connectivity index (χ4v) is 2.21. The van der Waals surface area contributed by atoms with Crippen LogP contribution in [0.4, 0.5) is 4.79 Å². The molecule has 1 unspecified atom stereocenters. The topological polar surface area (TPSA) is 69.6 Å². The van der Waals surface area contributed by atoms with Crippen LogP contribution >= 0.6 is 0 Å². The van der Waals surface area contributed by atoms with Crippen molar-refractivity contribution in [3.63, 3.8) is 0 Å². The molecular formula is C14H26N2O3. The SMILES string of the molecule is CC(C)C(CC(=O)O)NC(=O)N1CCC(C)(C)CC1. The molecule has 0 aliphatic carbocycles. The Balaban J connectivity index is 2.51. The van der Waals surface area contributed by atoms with E-state index in [2.05, 4.69) is 19.2 Å². The predicted octanol–water partition coefficient (Wildman–Crippen LogP) is 2.32. The molecule has 19 heavy (non-hydrogen) atoms. The van der Waals surface area contributed by atoms with E-state index >= 15 is 0 Å². The van der Waals surface area contributed by atoms with E-state index in [1.54, 1.807) is 4.90 Å². The third kappa shape index (κ3) is 5.09. The number of likely N-dealkylation sites (tertiary alicyclic amines) is 1. The minimum atomic E-state index is -0.876. The van der Waals surface area contributed by atoms with Gasteiger partial charge in [-0.25, -0.2) is 4.79 Å². The zero-order valence-corrected chi connectivity index (χ0v) is 12.4. The van der Waals surface area contributed by atoms with E-state index < -0.39 is 5.97 Å². The van der Waals surface area contributed by atoms with Crippen LogP contribution in [0.15, 0.2) is 0 Å². The van der Waals surface area contributed by atoms with Gasteiger partial charge < -0.3 is 15.3 Å². The number of carboxylic acid groups (broad SMARTS) is 1. The van der Waals surface area contributed by atoms with Crippen LogP contribution in [-0.2, 0) is 4.79 Å².